The van der Waals surface area contributed by atoms with E-state index in [0.29, 0.717) is 13.0 Å². The highest BCUT2D eigenvalue weighted by molar-refractivity contribution is 7.91. The third kappa shape index (κ3) is 4.69. The second kappa shape index (κ2) is 8.93. The fourth-order valence-electron chi connectivity index (χ4n) is 4.16. The summed E-state index contributed by atoms with van der Waals surface area (Å²) in [5.41, 5.74) is 0.663. The molecular formula is C20H21F4N3O5S. The molecule has 0 spiro atoms. The van der Waals surface area contributed by atoms with Crippen LogP contribution in [0, 0.1) is 23.3 Å². The molecule has 0 radical (unpaired) electrons. The topological polar surface area (TPSA) is 96.0 Å². The number of benzene rings is 1. The van der Waals surface area contributed by atoms with E-state index in [9.17, 15) is 35.6 Å². The molecular weight excluding hydrogens is 470 g/mol. The normalized spacial score (nSPS) is 24.5. The summed E-state index contributed by atoms with van der Waals surface area (Å²) in [6.45, 7) is 0.589. The van der Waals surface area contributed by atoms with Gasteiger partial charge in [0, 0.05) is 31.7 Å². The van der Waals surface area contributed by atoms with Crippen LogP contribution in [0.5, 0.6) is 0 Å². The summed E-state index contributed by atoms with van der Waals surface area (Å²) in [4.78, 5) is 27.0. The lowest BCUT2D eigenvalue weighted by atomic mass is 10.1. The fourth-order valence-corrected chi connectivity index (χ4v) is 5.89. The Balaban J connectivity index is 1.63. The number of nitrogens with zero attached hydrogens (tertiary/aromatic N) is 2. The van der Waals surface area contributed by atoms with E-state index in [1.807, 2.05) is 0 Å². The summed E-state index contributed by atoms with van der Waals surface area (Å²) < 4.78 is 85.5. The minimum atomic E-state index is -3.34. The summed E-state index contributed by atoms with van der Waals surface area (Å²) in [5, 5.41) is 0.250. The Hall–Kier alpha value is -2.67. The molecule has 1 aromatic carbocycles. The third-order valence-electron chi connectivity index (χ3n) is 5.84. The predicted molar refractivity (Wildman–Crippen MR) is 107 cm³/mol. The van der Waals surface area contributed by atoms with Crippen molar-refractivity contribution < 1.29 is 40.3 Å². The number of halogens is 4. The predicted octanol–water partition coefficient (Wildman–Crippen LogP) is 1.56. The maximum atomic E-state index is 14.3. The van der Waals surface area contributed by atoms with Crippen LogP contribution in [0.15, 0.2) is 17.8 Å². The Morgan fingerprint density at radius 1 is 1.18 bits per heavy atom. The number of anilines is 1. The van der Waals surface area contributed by atoms with Crippen molar-refractivity contribution in [3.05, 3.63) is 41.1 Å². The van der Waals surface area contributed by atoms with Crippen molar-refractivity contribution in [3.8, 4) is 0 Å². The molecule has 8 nitrogen and oxygen atoms in total. The van der Waals surface area contributed by atoms with Crippen LogP contribution < -0.4 is 10.4 Å². The van der Waals surface area contributed by atoms with Crippen LogP contribution in [-0.4, -0.2) is 61.9 Å². The number of ether oxygens (including phenoxy) is 1. The van der Waals surface area contributed by atoms with Crippen LogP contribution in [0.1, 0.15) is 25.7 Å². The first kappa shape index (κ1) is 23.5. The highest BCUT2D eigenvalue weighted by atomic mass is 32.2. The first-order chi connectivity index (χ1) is 15.6. The number of carbonyl (C=O) groups excluding carboxylic acids is 2. The van der Waals surface area contributed by atoms with Gasteiger partial charge in [-0.15, -0.1) is 0 Å². The zero-order valence-electron chi connectivity index (χ0n) is 17.3. The zero-order valence-corrected chi connectivity index (χ0v) is 18.1. The molecule has 0 aromatic heterocycles. The number of hydrazine groups is 1. The van der Waals surface area contributed by atoms with Gasteiger partial charge in [0.1, 0.15) is 11.4 Å². The zero-order chi connectivity index (χ0) is 23.9. The van der Waals surface area contributed by atoms with E-state index in [1.165, 1.54) is 11.0 Å². The molecule has 4 rings (SSSR count). The molecule has 13 heteroatoms. The summed E-state index contributed by atoms with van der Waals surface area (Å²) in [6.07, 6.45) is 2.03. The van der Waals surface area contributed by atoms with Gasteiger partial charge >= 0.3 is 0 Å². The van der Waals surface area contributed by atoms with Gasteiger partial charge in [-0.2, -0.15) is 0 Å². The molecule has 3 aliphatic heterocycles. The van der Waals surface area contributed by atoms with E-state index in [2.05, 4.69) is 5.43 Å². The maximum Gasteiger partial charge on any atom is 0.271 e. The number of sulfone groups is 1. The first-order valence-electron chi connectivity index (χ1n) is 10.3. The Bertz CT molecular complexity index is 1090. The SMILES string of the molecule is O=C1CC=C(C(=O)N(C[C@H]2CCCO2)[C@@H]2CCS(=O)(=O)C2)NN1c1c(F)c(F)cc(F)c1F. The van der Waals surface area contributed by atoms with Gasteiger partial charge in [0.2, 0.25) is 5.91 Å². The molecule has 33 heavy (non-hydrogen) atoms. The standard InChI is InChI=1S/C20H21F4N3O5S/c21-13-8-14(22)18(24)19(17(13)23)27-16(28)4-3-15(25-27)20(29)26(9-12-2-1-6-32-12)11-5-7-33(30,31)10-11/h3,8,11-12,25H,1-2,4-7,9-10H2/t11-,12-/m1/s1. The number of amides is 2. The van der Waals surface area contributed by atoms with Crippen molar-refractivity contribution in [2.75, 3.05) is 29.7 Å². The maximum absolute atomic E-state index is 14.3. The van der Waals surface area contributed by atoms with E-state index in [-0.39, 0.29) is 47.3 Å². The van der Waals surface area contributed by atoms with Gasteiger partial charge in [0.05, 0.1) is 17.6 Å². The molecule has 2 saturated heterocycles. The molecule has 0 bridgehead atoms. The van der Waals surface area contributed by atoms with Crippen molar-refractivity contribution in [2.24, 2.45) is 0 Å². The molecule has 3 aliphatic rings. The molecule has 2 atom stereocenters. The Morgan fingerprint density at radius 2 is 1.88 bits per heavy atom. The van der Waals surface area contributed by atoms with E-state index in [4.69, 9.17) is 4.74 Å². The summed E-state index contributed by atoms with van der Waals surface area (Å²) in [6, 6.07) is -0.644. The van der Waals surface area contributed by atoms with Gasteiger partial charge in [-0.1, -0.05) is 0 Å². The van der Waals surface area contributed by atoms with Crippen LogP contribution in [0.25, 0.3) is 0 Å². The Kier molecular flexibility index (Phi) is 6.36. The van der Waals surface area contributed by atoms with Crippen molar-refractivity contribution in [2.45, 2.75) is 37.8 Å². The van der Waals surface area contributed by atoms with E-state index in [0.717, 1.165) is 6.42 Å². The van der Waals surface area contributed by atoms with Gasteiger partial charge in [0.25, 0.3) is 5.91 Å². The Labute approximate surface area is 187 Å². The van der Waals surface area contributed by atoms with Gasteiger partial charge in [-0.25, -0.2) is 31.0 Å². The lowest BCUT2D eigenvalue weighted by Gasteiger charge is -2.34. The number of rotatable bonds is 5. The lowest BCUT2D eigenvalue weighted by molar-refractivity contribution is -0.131. The minimum absolute atomic E-state index is 0.00829. The van der Waals surface area contributed by atoms with Crippen LogP contribution in [-0.2, 0) is 24.2 Å². The quantitative estimate of drug-likeness (QED) is 0.496. The second-order valence-corrected chi connectivity index (χ2v) is 10.4. The molecule has 0 unspecified atom stereocenters. The van der Waals surface area contributed by atoms with Crippen molar-refractivity contribution >= 4 is 27.3 Å². The van der Waals surface area contributed by atoms with Gasteiger partial charge in [0.15, 0.2) is 33.1 Å². The van der Waals surface area contributed by atoms with Crippen LogP contribution in [0.2, 0.25) is 0 Å². The first-order valence-corrected chi connectivity index (χ1v) is 12.2. The largest absolute Gasteiger partial charge is 0.376 e. The summed E-state index contributed by atoms with van der Waals surface area (Å²) in [7, 11) is -3.34. The van der Waals surface area contributed by atoms with E-state index >= 15 is 0 Å². The van der Waals surface area contributed by atoms with Crippen molar-refractivity contribution in [1.82, 2.24) is 10.3 Å². The highest BCUT2D eigenvalue weighted by Crippen LogP contribution is 2.30. The van der Waals surface area contributed by atoms with E-state index < -0.39 is 63.1 Å². The van der Waals surface area contributed by atoms with E-state index in [1.54, 1.807) is 0 Å². The second-order valence-electron chi connectivity index (χ2n) is 8.13. The molecule has 2 amide bonds. The molecule has 0 aliphatic carbocycles. The lowest BCUT2D eigenvalue weighted by Crippen LogP contribution is -2.53. The van der Waals surface area contributed by atoms with Gasteiger partial charge in [-0.05, 0) is 25.3 Å². The number of hydrogen-bond acceptors (Lipinski definition) is 6. The minimum Gasteiger partial charge on any atom is -0.376 e. The monoisotopic (exact) mass is 491 g/mol. The van der Waals surface area contributed by atoms with Crippen LogP contribution >= 0.6 is 0 Å². The van der Waals surface area contributed by atoms with Gasteiger partial charge in [-0.3, -0.25) is 15.0 Å². The molecule has 0 saturated carbocycles. The van der Waals surface area contributed by atoms with Crippen molar-refractivity contribution in [1.29, 1.82) is 0 Å². The summed E-state index contributed by atoms with van der Waals surface area (Å²) >= 11 is 0. The molecule has 3 heterocycles. The number of nitrogens with one attached hydrogen (secondary N) is 1. The molecule has 1 aromatic rings. The van der Waals surface area contributed by atoms with Gasteiger partial charge < -0.3 is 9.64 Å². The molecule has 2 fully saturated rings. The average molecular weight is 491 g/mol. The number of carbonyl (C=O) groups is 2. The van der Waals surface area contributed by atoms with Crippen molar-refractivity contribution in [3.63, 3.8) is 0 Å². The highest BCUT2D eigenvalue weighted by Gasteiger charge is 2.39. The van der Waals surface area contributed by atoms with Crippen LogP contribution in [0.3, 0.4) is 0 Å². The molecule has 180 valence electrons. The fraction of sp³-hybridized carbons (Fsp3) is 0.500. The third-order valence-corrected chi connectivity index (χ3v) is 7.59. The van der Waals surface area contributed by atoms with Crippen LogP contribution in [0.4, 0.5) is 23.2 Å². The smallest absolute Gasteiger partial charge is 0.271 e. The Morgan fingerprint density at radius 3 is 2.45 bits per heavy atom. The molecule has 1 N–H and O–H groups in total. The number of hydrogen-bond donors (Lipinski definition) is 1. The summed E-state index contributed by atoms with van der Waals surface area (Å²) in [5.74, 6) is -9.05. The average Bonchev–Trinajstić information content (AvgIpc) is 3.40.